The minimum absolute atomic E-state index is 0.283. The molecule has 0 unspecified atom stereocenters. The van der Waals surface area contributed by atoms with Gasteiger partial charge in [0, 0.05) is 23.5 Å². The Morgan fingerprint density at radius 2 is 0.922 bits per heavy atom. The van der Waals surface area contributed by atoms with E-state index in [-0.39, 0.29) is 5.82 Å². The van der Waals surface area contributed by atoms with E-state index in [1.54, 1.807) is 30.7 Å². The Kier molecular flexibility index (Phi) is 20.3. The summed E-state index contributed by atoms with van der Waals surface area (Å²) in [5.74, 6) is 4.22. The summed E-state index contributed by atoms with van der Waals surface area (Å²) < 4.78 is 44.8. The fourth-order valence-corrected chi connectivity index (χ4v) is 7.26. The molecule has 0 aliphatic rings. The predicted octanol–water partition coefficient (Wildman–Crippen LogP) is 14.3. The van der Waals surface area contributed by atoms with Crippen LogP contribution < -0.4 is 23.7 Å². The topological polar surface area (TPSA) is 84.8 Å². The smallest absolute Gasteiger partial charge is 0.162 e. The van der Waals surface area contributed by atoms with Crippen LogP contribution in [0.5, 0.6) is 28.7 Å². The molecule has 0 aliphatic carbocycles. The molecule has 0 saturated carbocycles. The quantitative estimate of drug-likeness (QED) is 0.0414. The van der Waals surface area contributed by atoms with Crippen molar-refractivity contribution in [1.82, 2.24) is 15.0 Å². The van der Waals surface area contributed by atoms with Gasteiger partial charge in [0.05, 0.1) is 50.5 Å². The van der Waals surface area contributed by atoms with Gasteiger partial charge in [0.1, 0.15) is 23.1 Å². The molecule has 0 saturated heterocycles. The van der Waals surface area contributed by atoms with Crippen molar-refractivity contribution in [2.75, 3.05) is 33.0 Å². The average Bonchev–Trinajstić information content (AvgIpc) is 3.33. The molecule has 64 heavy (non-hydrogen) atoms. The van der Waals surface area contributed by atoms with Crippen LogP contribution in [0.2, 0.25) is 0 Å². The minimum atomic E-state index is -0.283. The van der Waals surface area contributed by atoms with Crippen LogP contribution in [-0.2, 0) is 6.42 Å². The van der Waals surface area contributed by atoms with Gasteiger partial charge in [-0.1, -0.05) is 69.9 Å². The van der Waals surface area contributed by atoms with Crippen molar-refractivity contribution in [1.29, 1.82) is 0 Å². The second kappa shape index (κ2) is 27.3. The third-order valence-corrected chi connectivity index (χ3v) is 11.1. The third-order valence-electron chi connectivity index (χ3n) is 11.1. The standard InChI is InChI=1S/C55H66FN3O5/c1-3-5-7-14-34-60-48-29-25-45(26-30-48)52-33-31-49(42-57-52)62-36-16-9-11-18-38-64-54-21-13-12-20-53(54)63-37-17-10-8-15-35-61-47-27-23-44(24-28-47)46-40-58-55(59-41-46)50-32-22-43(19-6-4-2)39-51(50)56/h12-13,20-33,39-42H,3-11,14-19,34-38H2,1-2H3. The molecule has 0 radical (unpaired) electrons. The fourth-order valence-electron chi connectivity index (χ4n) is 7.26. The van der Waals surface area contributed by atoms with Gasteiger partial charge in [0.2, 0.25) is 0 Å². The maximum absolute atomic E-state index is 14.8. The van der Waals surface area contributed by atoms with E-state index in [9.17, 15) is 4.39 Å². The lowest BCUT2D eigenvalue weighted by atomic mass is 10.1. The van der Waals surface area contributed by atoms with Crippen molar-refractivity contribution in [3.05, 3.63) is 133 Å². The zero-order valence-corrected chi connectivity index (χ0v) is 37.9. The largest absolute Gasteiger partial charge is 0.494 e. The van der Waals surface area contributed by atoms with Crippen molar-refractivity contribution in [3.8, 4) is 62.5 Å². The number of para-hydroxylation sites is 2. The lowest BCUT2D eigenvalue weighted by Gasteiger charge is -2.13. The molecule has 6 rings (SSSR count). The molecule has 8 nitrogen and oxygen atoms in total. The van der Waals surface area contributed by atoms with Crippen LogP contribution in [0.4, 0.5) is 4.39 Å². The van der Waals surface area contributed by atoms with Crippen LogP contribution in [0, 0.1) is 5.82 Å². The molecular formula is C55H66FN3O5. The molecular weight excluding hydrogens is 802 g/mol. The normalized spacial score (nSPS) is 11.0. The van der Waals surface area contributed by atoms with Crippen LogP contribution in [0.1, 0.15) is 109 Å². The molecule has 0 fully saturated rings. The zero-order chi connectivity index (χ0) is 44.4. The van der Waals surface area contributed by atoms with Crippen LogP contribution in [0.3, 0.4) is 0 Å². The molecule has 0 amide bonds. The van der Waals surface area contributed by atoms with Crippen LogP contribution in [-0.4, -0.2) is 48.0 Å². The van der Waals surface area contributed by atoms with Gasteiger partial charge < -0.3 is 23.7 Å². The number of unbranched alkanes of at least 4 members (excludes halogenated alkanes) is 10. The van der Waals surface area contributed by atoms with E-state index >= 15 is 0 Å². The second-order valence-corrected chi connectivity index (χ2v) is 16.2. The second-order valence-electron chi connectivity index (χ2n) is 16.2. The van der Waals surface area contributed by atoms with E-state index < -0.39 is 0 Å². The summed E-state index contributed by atoms with van der Waals surface area (Å²) in [5, 5.41) is 0. The first-order chi connectivity index (χ1) is 31.6. The van der Waals surface area contributed by atoms with Gasteiger partial charge in [0.25, 0.3) is 0 Å². The Hall–Kier alpha value is -5.96. The predicted molar refractivity (Wildman–Crippen MR) is 256 cm³/mol. The van der Waals surface area contributed by atoms with Gasteiger partial charge >= 0.3 is 0 Å². The molecule has 338 valence electrons. The maximum atomic E-state index is 14.8. The molecule has 6 aromatic rings. The van der Waals surface area contributed by atoms with Crippen molar-refractivity contribution in [2.24, 2.45) is 0 Å². The number of aromatic nitrogens is 3. The molecule has 0 aliphatic heterocycles. The number of benzene rings is 4. The van der Waals surface area contributed by atoms with E-state index in [0.717, 1.165) is 140 Å². The molecule has 0 atom stereocenters. The van der Waals surface area contributed by atoms with Gasteiger partial charge in [-0.05, 0) is 155 Å². The molecule has 2 aromatic heterocycles. The van der Waals surface area contributed by atoms with Crippen LogP contribution in [0.25, 0.3) is 33.8 Å². The first-order valence-electron chi connectivity index (χ1n) is 23.6. The Morgan fingerprint density at radius 1 is 0.422 bits per heavy atom. The molecule has 0 spiro atoms. The highest BCUT2D eigenvalue weighted by molar-refractivity contribution is 5.65. The Bertz CT molecular complexity index is 2200. The summed E-state index contributed by atoms with van der Waals surface area (Å²) in [7, 11) is 0. The minimum Gasteiger partial charge on any atom is -0.494 e. The van der Waals surface area contributed by atoms with Crippen LogP contribution in [0.15, 0.2) is 122 Å². The van der Waals surface area contributed by atoms with E-state index in [4.69, 9.17) is 23.7 Å². The van der Waals surface area contributed by atoms with Gasteiger partial charge in [-0.3, -0.25) is 4.98 Å². The lowest BCUT2D eigenvalue weighted by Crippen LogP contribution is -2.03. The number of hydrogen-bond acceptors (Lipinski definition) is 8. The Morgan fingerprint density at radius 3 is 1.44 bits per heavy atom. The molecule has 4 aromatic carbocycles. The van der Waals surface area contributed by atoms with Crippen molar-refractivity contribution in [2.45, 2.75) is 110 Å². The first kappa shape index (κ1) is 47.5. The Labute approximate surface area is 380 Å². The SMILES string of the molecule is CCCCCCOc1ccc(-c2ccc(OCCCCCCOc3ccccc3OCCCCCCOc3ccc(-c4cnc(-c5ccc(CCCC)cc5F)nc4)cc3)cn2)cc1. The van der Waals surface area contributed by atoms with Crippen molar-refractivity contribution >= 4 is 0 Å². The summed E-state index contributed by atoms with van der Waals surface area (Å²) in [6, 6.07) is 33.4. The number of rotatable bonds is 30. The third kappa shape index (κ3) is 16.0. The van der Waals surface area contributed by atoms with Crippen molar-refractivity contribution in [3.63, 3.8) is 0 Å². The number of nitrogens with zero attached hydrogens (tertiary/aromatic N) is 3. The monoisotopic (exact) mass is 867 g/mol. The molecule has 0 N–H and O–H groups in total. The summed E-state index contributed by atoms with van der Waals surface area (Å²) in [4.78, 5) is 13.5. The van der Waals surface area contributed by atoms with E-state index in [1.165, 1.54) is 19.3 Å². The summed E-state index contributed by atoms with van der Waals surface area (Å²) >= 11 is 0. The molecule has 0 bridgehead atoms. The molecule has 2 heterocycles. The summed E-state index contributed by atoms with van der Waals surface area (Å²) in [5.41, 5.74) is 5.25. The highest BCUT2D eigenvalue weighted by Crippen LogP contribution is 2.28. The number of halogens is 1. The van der Waals surface area contributed by atoms with E-state index in [0.29, 0.717) is 37.8 Å². The Balaban J connectivity index is 0.778. The lowest BCUT2D eigenvalue weighted by molar-refractivity contribution is 0.254. The van der Waals surface area contributed by atoms with Gasteiger partial charge in [0.15, 0.2) is 17.3 Å². The zero-order valence-electron chi connectivity index (χ0n) is 37.9. The number of pyridine rings is 1. The highest BCUT2D eigenvalue weighted by atomic mass is 19.1. The van der Waals surface area contributed by atoms with Crippen molar-refractivity contribution < 1.29 is 28.1 Å². The number of ether oxygens (including phenoxy) is 5. The fraction of sp³-hybridized carbons (Fsp3) is 0.400. The highest BCUT2D eigenvalue weighted by Gasteiger charge is 2.11. The summed E-state index contributed by atoms with van der Waals surface area (Å²) in [6.07, 6.45) is 21.2. The van der Waals surface area contributed by atoms with Gasteiger partial charge in [-0.15, -0.1) is 0 Å². The van der Waals surface area contributed by atoms with Crippen LogP contribution >= 0.6 is 0 Å². The number of hydrogen-bond donors (Lipinski definition) is 0. The van der Waals surface area contributed by atoms with E-state index in [1.807, 2.05) is 78.9 Å². The molecule has 9 heteroatoms. The average molecular weight is 868 g/mol. The first-order valence-corrected chi connectivity index (χ1v) is 23.6. The number of aryl methyl sites for hydroxylation is 1. The van der Waals surface area contributed by atoms with Gasteiger partial charge in [-0.25, -0.2) is 14.4 Å². The summed E-state index contributed by atoms with van der Waals surface area (Å²) in [6.45, 7) is 7.74. The van der Waals surface area contributed by atoms with Gasteiger partial charge in [-0.2, -0.15) is 0 Å². The van der Waals surface area contributed by atoms with E-state index in [2.05, 4.69) is 40.9 Å². The maximum Gasteiger partial charge on any atom is 0.162 e.